The van der Waals surface area contributed by atoms with Gasteiger partial charge < -0.3 is 25.2 Å². The molecule has 3 aliphatic rings. The van der Waals surface area contributed by atoms with Crippen LogP contribution in [0.3, 0.4) is 0 Å². The van der Waals surface area contributed by atoms with Gasteiger partial charge in [0, 0.05) is 56.4 Å². The molecule has 3 N–H and O–H groups in total. The standard InChI is InChI=1S/C27H31FN6O5/c1-15(24(35)9-16(27(38)39)8-17-12-30-14-31-17)32-26(37)20-13-34(18-2-3-18)22-11-23(33-6-4-29-5-7-33)21(28)10-19(22)25(20)36/h10-18,29H,2-9H2,1H3,(H,32,37)(H,38,39). The van der Waals surface area contributed by atoms with Gasteiger partial charge >= 0.3 is 5.97 Å². The summed E-state index contributed by atoms with van der Waals surface area (Å²) in [5.74, 6) is -3.90. The third kappa shape index (κ3) is 5.75. The van der Waals surface area contributed by atoms with Crippen LogP contribution in [0.2, 0.25) is 0 Å². The first-order chi connectivity index (χ1) is 18.7. The van der Waals surface area contributed by atoms with Gasteiger partial charge in [-0.05, 0) is 38.3 Å². The molecule has 1 amide bonds. The zero-order valence-corrected chi connectivity index (χ0v) is 21.6. The number of anilines is 1. The maximum Gasteiger partial charge on any atom is 0.307 e. The normalized spacial score (nSPS) is 20.3. The summed E-state index contributed by atoms with van der Waals surface area (Å²) in [6.45, 7) is 4.21. The predicted octanol–water partition coefficient (Wildman–Crippen LogP) is 1.53. The zero-order valence-electron chi connectivity index (χ0n) is 21.6. The van der Waals surface area contributed by atoms with E-state index in [4.69, 9.17) is 0 Å². The third-order valence-electron chi connectivity index (χ3n) is 7.48. The lowest BCUT2D eigenvalue weighted by molar-refractivity contribution is -0.144. The number of nitrogens with one attached hydrogen (secondary N) is 2. The molecule has 5 rings (SSSR count). The molecule has 39 heavy (non-hydrogen) atoms. The van der Waals surface area contributed by atoms with Gasteiger partial charge in [-0.1, -0.05) is 0 Å². The maximum absolute atomic E-state index is 15.2. The Kier molecular flexibility index (Phi) is 7.56. The van der Waals surface area contributed by atoms with Crippen LogP contribution in [0.5, 0.6) is 0 Å². The molecular formula is C27H31FN6O5. The molecule has 3 heterocycles. The van der Waals surface area contributed by atoms with E-state index >= 15 is 4.39 Å². The quantitative estimate of drug-likeness (QED) is 0.416. The van der Waals surface area contributed by atoms with Crippen molar-refractivity contribution in [2.24, 2.45) is 15.9 Å². The SMILES string of the molecule is CC(NC(=O)c1cn(C2CC2)c2cc(N3CCNCC3)c(F)cc2c1=O)C(=O)CC(CC1C=NC=N1)C(=O)O. The minimum absolute atomic E-state index is 0.0955. The molecule has 3 atom stereocenters. The Balaban J connectivity index is 1.37. The van der Waals surface area contributed by atoms with E-state index in [0.717, 1.165) is 25.9 Å². The Hall–Kier alpha value is -3.93. The zero-order chi connectivity index (χ0) is 27.7. The van der Waals surface area contributed by atoms with Crippen LogP contribution in [0.4, 0.5) is 10.1 Å². The number of carbonyl (C=O) groups is 3. The molecule has 1 aliphatic carbocycles. The van der Waals surface area contributed by atoms with E-state index < -0.39 is 46.9 Å². The number of carbonyl (C=O) groups excluding carboxylic acids is 2. The lowest BCUT2D eigenvalue weighted by Gasteiger charge is -2.30. The maximum atomic E-state index is 15.2. The number of nitrogens with zero attached hydrogens (tertiary/aromatic N) is 4. The van der Waals surface area contributed by atoms with Crippen LogP contribution < -0.4 is 21.0 Å². The van der Waals surface area contributed by atoms with Crippen LogP contribution >= 0.6 is 0 Å². The number of Topliss-reactive ketones (excluding diaryl/α,β-unsaturated/α-hetero) is 1. The number of benzene rings is 1. The molecule has 2 aliphatic heterocycles. The molecule has 206 valence electrons. The van der Waals surface area contributed by atoms with Crippen LogP contribution in [0.25, 0.3) is 10.9 Å². The number of amides is 1. The summed E-state index contributed by atoms with van der Waals surface area (Å²) in [5.41, 5.74) is 0.193. The highest BCUT2D eigenvalue weighted by molar-refractivity contribution is 6.00. The summed E-state index contributed by atoms with van der Waals surface area (Å²) >= 11 is 0. The minimum Gasteiger partial charge on any atom is -0.481 e. The Morgan fingerprint density at radius 2 is 1.97 bits per heavy atom. The summed E-state index contributed by atoms with van der Waals surface area (Å²) in [4.78, 5) is 60.9. The lowest BCUT2D eigenvalue weighted by atomic mass is 9.93. The summed E-state index contributed by atoms with van der Waals surface area (Å²) < 4.78 is 17.0. The van der Waals surface area contributed by atoms with Gasteiger partial charge in [0.15, 0.2) is 5.78 Å². The van der Waals surface area contributed by atoms with Crippen molar-refractivity contribution in [3.05, 3.63) is 39.9 Å². The van der Waals surface area contributed by atoms with Crippen molar-refractivity contribution in [2.75, 3.05) is 31.1 Å². The number of piperazine rings is 1. The van der Waals surface area contributed by atoms with Gasteiger partial charge in [0.2, 0.25) is 5.43 Å². The molecule has 0 spiro atoms. The summed E-state index contributed by atoms with van der Waals surface area (Å²) in [5, 5.41) is 15.4. The van der Waals surface area contributed by atoms with E-state index in [2.05, 4.69) is 20.6 Å². The number of hydrogen-bond donors (Lipinski definition) is 3. The number of halogens is 1. The fourth-order valence-electron chi connectivity index (χ4n) is 5.08. The number of aromatic nitrogens is 1. The van der Waals surface area contributed by atoms with Crippen molar-refractivity contribution in [3.8, 4) is 0 Å². The summed E-state index contributed by atoms with van der Waals surface area (Å²) in [6.07, 6.45) is 5.91. The number of carboxylic acids is 1. The second kappa shape index (κ2) is 11.0. The fourth-order valence-corrected chi connectivity index (χ4v) is 5.08. The van der Waals surface area contributed by atoms with E-state index in [9.17, 15) is 24.3 Å². The van der Waals surface area contributed by atoms with E-state index in [-0.39, 0.29) is 29.8 Å². The summed E-state index contributed by atoms with van der Waals surface area (Å²) in [6, 6.07) is 1.55. The number of ketones is 1. The molecule has 2 fully saturated rings. The van der Waals surface area contributed by atoms with Crippen LogP contribution in [-0.2, 0) is 9.59 Å². The molecule has 0 radical (unpaired) electrons. The number of hydrogen-bond acceptors (Lipinski definition) is 8. The number of aliphatic carboxylic acids is 1. The van der Waals surface area contributed by atoms with E-state index in [1.807, 2.05) is 9.47 Å². The number of carboxylic acid groups (broad SMARTS) is 1. The molecule has 1 aromatic heterocycles. The highest BCUT2D eigenvalue weighted by Gasteiger charge is 2.31. The van der Waals surface area contributed by atoms with Gasteiger partial charge in [-0.15, -0.1) is 0 Å². The molecule has 1 saturated heterocycles. The van der Waals surface area contributed by atoms with Crippen LogP contribution in [-0.4, -0.2) is 78.1 Å². The molecule has 3 unspecified atom stereocenters. The molecular weight excluding hydrogens is 507 g/mol. The Morgan fingerprint density at radius 1 is 1.23 bits per heavy atom. The molecule has 2 aromatic rings. The van der Waals surface area contributed by atoms with Crippen LogP contribution in [0.1, 0.15) is 49.0 Å². The molecule has 1 aromatic carbocycles. The van der Waals surface area contributed by atoms with E-state index in [1.54, 1.807) is 6.07 Å². The van der Waals surface area contributed by atoms with Gasteiger partial charge in [-0.2, -0.15) is 0 Å². The van der Waals surface area contributed by atoms with Gasteiger partial charge in [0.05, 0.1) is 29.2 Å². The van der Waals surface area contributed by atoms with Gasteiger partial charge in [0.25, 0.3) is 5.91 Å². The molecule has 1 saturated carbocycles. The second-order valence-corrected chi connectivity index (χ2v) is 10.3. The lowest BCUT2D eigenvalue weighted by Crippen LogP contribution is -2.44. The van der Waals surface area contributed by atoms with E-state index in [0.29, 0.717) is 24.3 Å². The largest absolute Gasteiger partial charge is 0.481 e. The topological polar surface area (TPSA) is 145 Å². The van der Waals surface area contributed by atoms with Crippen molar-refractivity contribution < 1.29 is 23.9 Å². The summed E-state index contributed by atoms with van der Waals surface area (Å²) in [7, 11) is 0. The average molecular weight is 539 g/mol. The van der Waals surface area contributed by atoms with Gasteiger partial charge in [-0.25, -0.2) is 9.38 Å². The third-order valence-corrected chi connectivity index (χ3v) is 7.48. The van der Waals surface area contributed by atoms with Gasteiger partial charge in [-0.3, -0.25) is 24.2 Å². The fraction of sp³-hybridized carbons (Fsp3) is 0.481. The second-order valence-electron chi connectivity index (χ2n) is 10.3. The Labute approximate surface area is 223 Å². The van der Waals surface area contributed by atoms with Crippen LogP contribution in [0.15, 0.2) is 33.1 Å². The van der Waals surface area contributed by atoms with E-state index in [1.165, 1.54) is 31.7 Å². The van der Waals surface area contributed by atoms with Crippen molar-refractivity contribution in [3.63, 3.8) is 0 Å². The Bertz CT molecular complexity index is 1410. The first-order valence-corrected chi connectivity index (χ1v) is 13.2. The first-order valence-electron chi connectivity index (χ1n) is 13.2. The monoisotopic (exact) mass is 538 g/mol. The van der Waals surface area contributed by atoms with Crippen molar-refractivity contribution >= 4 is 46.8 Å². The number of aliphatic imine (C=N–C) groups is 2. The van der Waals surface area contributed by atoms with Gasteiger partial charge in [0.1, 0.15) is 17.7 Å². The first kappa shape index (κ1) is 26.7. The van der Waals surface area contributed by atoms with Crippen molar-refractivity contribution in [1.29, 1.82) is 0 Å². The Morgan fingerprint density at radius 3 is 2.62 bits per heavy atom. The molecule has 12 heteroatoms. The number of rotatable bonds is 10. The highest BCUT2D eigenvalue weighted by atomic mass is 19.1. The molecule has 0 bridgehead atoms. The van der Waals surface area contributed by atoms with Crippen molar-refractivity contribution in [2.45, 2.75) is 50.7 Å². The predicted molar refractivity (Wildman–Crippen MR) is 145 cm³/mol. The number of fused-ring (bicyclic) bond motifs is 1. The smallest absolute Gasteiger partial charge is 0.307 e. The van der Waals surface area contributed by atoms with Crippen LogP contribution in [0, 0.1) is 11.7 Å². The minimum atomic E-state index is -1.14. The highest BCUT2D eigenvalue weighted by Crippen LogP contribution is 2.38. The van der Waals surface area contributed by atoms with Crippen molar-refractivity contribution in [1.82, 2.24) is 15.2 Å². The average Bonchev–Trinajstić information content (AvgIpc) is 3.63. The number of pyridine rings is 1. The molecule has 11 nitrogen and oxygen atoms in total.